The van der Waals surface area contributed by atoms with Gasteiger partial charge in [-0.1, -0.05) is 6.07 Å². The van der Waals surface area contributed by atoms with Gasteiger partial charge in [0.25, 0.3) is 0 Å². The van der Waals surface area contributed by atoms with Gasteiger partial charge in [0, 0.05) is 17.7 Å². The van der Waals surface area contributed by atoms with Crippen molar-refractivity contribution in [3.8, 4) is 6.07 Å². The van der Waals surface area contributed by atoms with Gasteiger partial charge < -0.3 is 4.90 Å². The van der Waals surface area contributed by atoms with E-state index in [4.69, 9.17) is 5.26 Å². The van der Waals surface area contributed by atoms with E-state index in [9.17, 15) is 0 Å². The molecule has 0 aromatic heterocycles. The average molecular weight is 232 g/mol. The van der Waals surface area contributed by atoms with E-state index in [0.29, 0.717) is 12.5 Å². The number of thioether (sulfide) groups is 1. The number of hydrogen-bond donors (Lipinski definition) is 0. The van der Waals surface area contributed by atoms with E-state index in [-0.39, 0.29) is 0 Å². The number of nitriles is 1. The zero-order valence-electron chi connectivity index (χ0n) is 9.95. The average Bonchev–Trinajstić information content (AvgIpc) is 2.27. The normalized spacial score (nSPS) is 19.1. The molecular formula is C13H16N2S. The van der Waals surface area contributed by atoms with Crippen LogP contribution in [-0.4, -0.2) is 18.8 Å². The van der Waals surface area contributed by atoms with Crippen LogP contribution in [0.2, 0.25) is 0 Å². The number of rotatable bonds is 1. The Hall–Kier alpha value is -1.14. The van der Waals surface area contributed by atoms with Gasteiger partial charge in [-0.2, -0.15) is 5.26 Å². The van der Waals surface area contributed by atoms with Crippen LogP contribution in [0.3, 0.4) is 0 Å². The van der Waals surface area contributed by atoms with Crippen LogP contribution in [0, 0.1) is 25.2 Å². The number of hydrogen-bond acceptors (Lipinski definition) is 3. The number of anilines is 1. The smallest absolute Gasteiger partial charge is 0.0643 e. The Morgan fingerprint density at radius 2 is 2.25 bits per heavy atom. The highest BCUT2D eigenvalue weighted by molar-refractivity contribution is 7.99. The highest BCUT2D eigenvalue weighted by atomic mass is 32.2. The summed E-state index contributed by atoms with van der Waals surface area (Å²) < 4.78 is 0. The third-order valence-corrected chi connectivity index (χ3v) is 4.52. The van der Waals surface area contributed by atoms with Gasteiger partial charge in [-0.3, -0.25) is 0 Å². The molecule has 0 N–H and O–H groups in total. The van der Waals surface area contributed by atoms with Gasteiger partial charge in [0.05, 0.1) is 24.2 Å². The molecule has 0 fully saturated rings. The summed E-state index contributed by atoms with van der Waals surface area (Å²) in [7, 11) is 2.10. The molecule has 0 saturated heterocycles. The summed E-state index contributed by atoms with van der Waals surface area (Å²) in [4.78, 5) is 3.62. The lowest BCUT2D eigenvalue weighted by Gasteiger charge is -2.36. The van der Waals surface area contributed by atoms with E-state index in [0.717, 1.165) is 5.75 Å². The minimum absolute atomic E-state index is 0.350. The topological polar surface area (TPSA) is 27.0 Å². The molecule has 2 nitrogen and oxygen atoms in total. The molecule has 1 heterocycles. The van der Waals surface area contributed by atoms with Crippen LogP contribution in [0.25, 0.3) is 0 Å². The lowest BCUT2D eigenvalue weighted by molar-refractivity contribution is 0.695. The Bertz CT molecular complexity index is 448. The third kappa shape index (κ3) is 1.78. The van der Waals surface area contributed by atoms with Crippen molar-refractivity contribution in [1.82, 2.24) is 0 Å². The fraction of sp³-hybridized carbons (Fsp3) is 0.462. The molecule has 0 saturated carbocycles. The molecule has 1 unspecified atom stereocenters. The maximum atomic E-state index is 8.82. The van der Waals surface area contributed by atoms with Crippen LogP contribution >= 0.6 is 11.8 Å². The molecule has 0 radical (unpaired) electrons. The van der Waals surface area contributed by atoms with Crippen molar-refractivity contribution >= 4 is 17.4 Å². The van der Waals surface area contributed by atoms with Crippen LogP contribution in [0.4, 0.5) is 5.69 Å². The van der Waals surface area contributed by atoms with Crippen LogP contribution in [-0.2, 0) is 0 Å². The molecule has 0 spiro atoms. The summed E-state index contributed by atoms with van der Waals surface area (Å²) in [6, 6.07) is 7.00. The van der Waals surface area contributed by atoms with E-state index in [2.05, 4.69) is 44.0 Å². The van der Waals surface area contributed by atoms with Gasteiger partial charge in [-0.25, -0.2) is 0 Å². The quantitative estimate of drug-likeness (QED) is 0.744. The highest BCUT2D eigenvalue weighted by Crippen LogP contribution is 2.40. The largest absolute Gasteiger partial charge is 0.369 e. The lowest BCUT2D eigenvalue weighted by Crippen LogP contribution is -2.37. The molecule has 0 bridgehead atoms. The minimum atomic E-state index is 0.350. The molecule has 84 valence electrons. The SMILES string of the molecule is Cc1ccc2c(c1C)N(C)C(CC#N)CS2. The Morgan fingerprint density at radius 3 is 2.94 bits per heavy atom. The van der Waals surface area contributed by atoms with Crippen LogP contribution in [0.1, 0.15) is 17.5 Å². The molecule has 1 aliphatic rings. The molecule has 1 aromatic rings. The summed E-state index contributed by atoms with van der Waals surface area (Å²) >= 11 is 1.87. The van der Waals surface area contributed by atoms with Crippen LogP contribution in [0.5, 0.6) is 0 Å². The second kappa shape index (κ2) is 4.39. The summed E-state index contributed by atoms with van der Waals surface area (Å²) in [5.74, 6) is 1.01. The van der Waals surface area contributed by atoms with E-state index in [1.807, 2.05) is 11.8 Å². The monoisotopic (exact) mass is 232 g/mol. The van der Waals surface area contributed by atoms with Gasteiger partial charge in [0.15, 0.2) is 0 Å². The van der Waals surface area contributed by atoms with E-state index >= 15 is 0 Å². The molecule has 16 heavy (non-hydrogen) atoms. The Kier molecular flexibility index (Phi) is 3.11. The third-order valence-electron chi connectivity index (χ3n) is 3.32. The first-order chi connectivity index (χ1) is 7.65. The summed E-state index contributed by atoms with van der Waals surface area (Å²) in [5.41, 5.74) is 3.98. The molecule has 0 aliphatic carbocycles. The summed E-state index contributed by atoms with van der Waals surface area (Å²) in [5, 5.41) is 8.82. The lowest BCUT2D eigenvalue weighted by atomic mass is 10.1. The van der Waals surface area contributed by atoms with Crippen molar-refractivity contribution in [2.45, 2.75) is 31.2 Å². The van der Waals surface area contributed by atoms with Gasteiger partial charge in [0.1, 0.15) is 0 Å². The van der Waals surface area contributed by atoms with Gasteiger partial charge in [-0.05, 0) is 31.0 Å². The van der Waals surface area contributed by atoms with E-state index < -0.39 is 0 Å². The van der Waals surface area contributed by atoms with Gasteiger partial charge in [-0.15, -0.1) is 11.8 Å². The second-order valence-electron chi connectivity index (χ2n) is 4.29. The maximum absolute atomic E-state index is 8.82. The Labute approximate surface area is 101 Å². The number of fused-ring (bicyclic) bond motifs is 1. The van der Waals surface area contributed by atoms with Crippen molar-refractivity contribution in [2.75, 3.05) is 17.7 Å². The fourth-order valence-corrected chi connectivity index (χ4v) is 3.42. The van der Waals surface area contributed by atoms with E-state index in [1.54, 1.807) is 0 Å². The van der Waals surface area contributed by atoms with Crippen LogP contribution < -0.4 is 4.90 Å². The van der Waals surface area contributed by atoms with Crippen molar-refractivity contribution in [1.29, 1.82) is 5.26 Å². The summed E-state index contributed by atoms with van der Waals surface area (Å²) in [6.45, 7) is 4.31. The van der Waals surface area contributed by atoms with Crippen molar-refractivity contribution in [2.24, 2.45) is 0 Å². The van der Waals surface area contributed by atoms with Crippen molar-refractivity contribution in [3.63, 3.8) is 0 Å². The first kappa shape index (κ1) is 11.3. The van der Waals surface area contributed by atoms with Crippen molar-refractivity contribution in [3.05, 3.63) is 23.3 Å². The minimum Gasteiger partial charge on any atom is -0.369 e. The zero-order chi connectivity index (χ0) is 11.7. The molecular weight excluding hydrogens is 216 g/mol. The number of aryl methyl sites for hydroxylation is 1. The molecule has 0 amide bonds. The molecule has 1 atom stereocenters. The molecule has 3 heteroatoms. The second-order valence-corrected chi connectivity index (χ2v) is 5.35. The first-order valence-corrected chi connectivity index (χ1v) is 6.46. The molecule has 1 aliphatic heterocycles. The van der Waals surface area contributed by atoms with Gasteiger partial charge in [0.2, 0.25) is 0 Å². The van der Waals surface area contributed by atoms with Crippen LogP contribution in [0.15, 0.2) is 17.0 Å². The molecule has 1 aromatic carbocycles. The van der Waals surface area contributed by atoms with E-state index in [1.165, 1.54) is 21.7 Å². The van der Waals surface area contributed by atoms with Gasteiger partial charge >= 0.3 is 0 Å². The number of nitrogens with zero attached hydrogens (tertiary/aromatic N) is 2. The predicted molar refractivity (Wildman–Crippen MR) is 69.1 cm³/mol. The Balaban J connectivity index is 2.43. The zero-order valence-corrected chi connectivity index (χ0v) is 10.8. The van der Waals surface area contributed by atoms with Crippen molar-refractivity contribution < 1.29 is 0 Å². The first-order valence-electron chi connectivity index (χ1n) is 5.48. The maximum Gasteiger partial charge on any atom is 0.0643 e. The standard InChI is InChI=1S/C13H16N2S/c1-9-4-5-12-13(10(9)2)15(3)11(6-7-14)8-16-12/h4-5,11H,6,8H2,1-3H3. The predicted octanol–water partition coefficient (Wildman–Crippen LogP) is 3.13. The summed E-state index contributed by atoms with van der Waals surface area (Å²) in [6.07, 6.45) is 0.607. The Morgan fingerprint density at radius 1 is 1.50 bits per heavy atom. The molecule has 2 rings (SSSR count). The number of benzene rings is 1. The highest BCUT2D eigenvalue weighted by Gasteiger charge is 2.25. The fourth-order valence-electron chi connectivity index (χ4n) is 2.11.